The zero-order valence-electron chi connectivity index (χ0n) is 23.4. The average molecular weight is 539 g/mol. The molecule has 4 bridgehead atoms. The third-order valence-corrected chi connectivity index (χ3v) is 9.29. The van der Waals surface area contributed by atoms with Crippen molar-refractivity contribution in [1.29, 1.82) is 0 Å². The van der Waals surface area contributed by atoms with Gasteiger partial charge in [0.15, 0.2) is 0 Å². The summed E-state index contributed by atoms with van der Waals surface area (Å²) in [5.74, 6) is 0. The summed E-state index contributed by atoms with van der Waals surface area (Å²) in [4.78, 5) is 0. The van der Waals surface area contributed by atoms with Crippen molar-refractivity contribution in [2.45, 2.75) is 25.7 Å². The Hall–Kier alpha value is -5.08. The molecular formula is C40H30N2. The monoisotopic (exact) mass is 538 g/mol. The Labute approximate surface area is 245 Å². The van der Waals surface area contributed by atoms with E-state index in [1.54, 1.807) is 0 Å². The molecule has 6 aromatic carbocycles. The van der Waals surface area contributed by atoms with Gasteiger partial charge < -0.3 is 9.13 Å². The molecule has 2 aromatic heterocycles. The van der Waals surface area contributed by atoms with Crippen LogP contribution in [0.15, 0.2) is 133 Å². The first kappa shape index (κ1) is 23.6. The highest BCUT2D eigenvalue weighted by atomic mass is 15.0. The molecule has 0 fully saturated rings. The summed E-state index contributed by atoms with van der Waals surface area (Å²) in [6, 6.07) is 49.6. The summed E-state index contributed by atoms with van der Waals surface area (Å²) < 4.78 is 5.07. The molecule has 0 amide bonds. The molecule has 200 valence electrons. The minimum absolute atomic E-state index is 1.00. The highest BCUT2D eigenvalue weighted by molar-refractivity contribution is 6.24. The van der Waals surface area contributed by atoms with Gasteiger partial charge in [0.2, 0.25) is 0 Å². The zero-order valence-corrected chi connectivity index (χ0v) is 23.4. The maximum Gasteiger partial charge on any atom is 0.0789 e. The fourth-order valence-corrected chi connectivity index (χ4v) is 7.33. The van der Waals surface area contributed by atoms with Crippen molar-refractivity contribution in [3.63, 3.8) is 0 Å². The van der Waals surface area contributed by atoms with Crippen molar-refractivity contribution in [3.8, 4) is 11.4 Å². The van der Waals surface area contributed by atoms with Crippen LogP contribution in [0.2, 0.25) is 0 Å². The van der Waals surface area contributed by atoms with Gasteiger partial charge in [0, 0.05) is 32.9 Å². The van der Waals surface area contributed by atoms with Gasteiger partial charge in [-0.1, -0.05) is 103 Å². The van der Waals surface area contributed by atoms with E-state index in [4.69, 9.17) is 0 Å². The molecule has 2 nitrogen and oxygen atoms in total. The summed E-state index contributed by atoms with van der Waals surface area (Å²) >= 11 is 0. The Morgan fingerprint density at radius 1 is 0.357 bits per heavy atom. The van der Waals surface area contributed by atoms with Crippen LogP contribution in [0.1, 0.15) is 22.3 Å². The fraction of sp³-hybridized carbons (Fsp3) is 0.100. The van der Waals surface area contributed by atoms with E-state index < -0.39 is 0 Å². The molecular weight excluding hydrogens is 508 g/mol. The third-order valence-electron chi connectivity index (χ3n) is 9.29. The van der Waals surface area contributed by atoms with Gasteiger partial charge in [-0.05, 0) is 78.3 Å². The lowest BCUT2D eigenvalue weighted by atomic mass is 9.93. The van der Waals surface area contributed by atoms with Gasteiger partial charge in [-0.2, -0.15) is 0 Å². The topological polar surface area (TPSA) is 9.86 Å². The molecule has 8 aromatic rings. The Balaban J connectivity index is 1.51. The van der Waals surface area contributed by atoms with Crippen LogP contribution < -0.4 is 0 Å². The summed E-state index contributed by atoms with van der Waals surface area (Å²) in [6.07, 6.45) is 4.10. The molecule has 0 unspecified atom stereocenters. The predicted molar refractivity (Wildman–Crippen MR) is 176 cm³/mol. The minimum Gasteiger partial charge on any atom is -0.307 e. The standard InChI is InChI=1S/C40H30N2/c1-3-9-31(10-4-1)41-36-14-8-7-13-33(36)34-25-26-35-37-29-21-19-27-15-17-28(18-16-27)20-22-30(24-23-29)38(37)42(40(35)39(34)41)32-11-5-2-6-12-32/h1-18,23-26H,19-22H2. The van der Waals surface area contributed by atoms with Crippen molar-refractivity contribution in [1.82, 2.24) is 9.13 Å². The summed E-state index contributed by atoms with van der Waals surface area (Å²) in [5, 5.41) is 5.33. The van der Waals surface area contributed by atoms with E-state index in [2.05, 4.69) is 143 Å². The summed E-state index contributed by atoms with van der Waals surface area (Å²) in [6.45, 7) is 0. The lowest BCUT2D eigenvalue weighted by Crippen LogP contribution is -2.03. The van der Waals surface area contributed by atoms with Crippen molar-refractivity contribution >= 4 is 43.6 Å². The number of aryl methyl sites for hydroxylation is 4. The van der Waals surface area contributed by atoms with Crippen LogP contribution in [0.25, 0.3) is 55.0 Å². The molecule has 4 aliphatic rings. The first-order chi connectivity index (χ1) is 20.8. The van der Waals surface area contributed by atoms with Crippen LogP contribution in [0.5, 0.6) is 0 Å². The number of benzene rings is 6. The van der Waals surface area contributed by atoms with Crippen LogP contribution in [0, 0.1) is 0 Å². The fourth-order valence-electron chi connectivity index (χ4n) is 7.33. The van der Waals surface area contributed by atoms with Gasteiger partial charge in [0.1, 0.15) is 0 Å². The lowest BCUT2D eigenvalue weighted by molar-refractivity contribution is 0.929. The highest BCUT2D eigenvalue weighted by Gasteiger charge is 2.24. The van der Waals surface area contributed by atoms with Crippen LogP contribution in [0.3, 0.4) is 0 Å². The van der Waals surface area contributed by atoms with Gasteiger partial charge in [-0.25, -0.2) is 0 Å². The first-order valence-electron chi connectivity index (χ1n) is 15.0. The first-order valence-corrected chi connectivity index (χ1v) is 15.0. The second-order valence-electron chi connectivity index (χ2n) is 11.6. The number of para-hydroxylation sites is 3. The molecule has 0 saturated heterocycles. The molecule has 42 heavy (non-hydrogen) atoms. The number of hydrogen-bond acceptors (Lipinski definition) is 0. The molecule has 0 aliphatic heterocycles. The van der Waals surface area contributed by atoms with Gasteiger partial charge in [-0.15, -0.1) is 0 Å². The van der Waals surface area contributed by atoms with Crippen molar-refractivity contribution < 1.29 is 0 Å². The van der Waals surface area contributed by atoms with E-state index in [-0.39, 0.29) is 0 Å². The van der Waals surface area contributed by atoms with E-state index in [9.17, 15) is 0 Å². The van der Waals surface area contributed by atoms with Gasteiger partial charge in [0.25, 0.3) is 0 Å². The molecule has 0 saturated carbocycles. The van der Waals surface area contributed by atoms with Crippen LogP contribution in [0.4, 0.5) is 0 Å². The average Bonchev–Trinajstić information content (AvgIpc) is 3.57. The Bertz CT molecular complexity index is 2270. The maximum atomic E-state index is 2.58. The Morgan fingerprint density at radius 3 is 1.62 bits per heavy atom. The lowest BCUT2D eigenvalue weighted by Gasteiger charge is -2.15. The highest BCUT2D eigenvalue weighted by Crippen LogP contribution is 2.44. The van der Waals surface area contributed by atoms with Gasteiger partial charge in [-0.3, -0.25) is 0 Å². The molecule has 12 rings (SSSR count). The third kappa shape index (κ3) is 3.45. The van der Waals surface area contributed by atoms with Crippen molar-refractivity contribution in [2.24, 2.45) is 0 Å². The molecule has 0 radical (unpaired) electrons. The summed E-state index contributed by atoms with van der Waals surface area (Å²) in [5.41, 5.74) is 13.2. The van der Waals surface area contributed by atoms with E-state index >= 15 is 0 Å². The van der Waals surface area contributed by atoms with Crippen molar-refractivity contribution in [3.05, 3.63) is 156 Å². The number of fused-ring (bicyclic) bond motifs is 5. The molecule has 2 heterocycles. The summed E-state index contributed by atoms with van der Waals surface area (Å²) in [7, 11) is 0. The van der Waals surface area contributed by atoms with E-state index in [0.29, 0.717) is 0 Å². The maximum absolute atomic E-state index is 2.58. The largest absolute Gasteiger partial charge is 0.307 e. The van der Waals surface area contributed by atoms with Crippen LogP contribution in [-0.2, 0) is 25.7 Å². The van der Waals surface area contributed by atoms with Crippen LogP contribution >= 0.6 is 0 Å². The quantitative estimate of drug-likeness (QED) is 0.207. The number of hydrogen-bond donors (Lipinski definition) is 0. The molecule has 4 aliphatic carbocycles. The predicted octanol–water partition coefficient (Wildman–Crippen LogP) is 9.76. The van der Waals surface area contributed by atoms with Crippen molar-refractivity contribution in [2.75, 3.05) is 0 Å². The SMILES string of the molecule is c1ccc(-n2c3ccccc3c3ccc4c5c6ccc(c5n(-c5ccccc5)c4c32)CCc2ccc(cc2)CC6)cc1. The van der Waals surface area contributed by atoms with Gasteiger partial charge in [0.05, 0.1) is 22.1 Å². The molecule has 2 heteroatoms. The zero-order chi connectivity index (χ0) is 27.6. The van der Waals surface area contributed by atoms with E-state index in [0.717, 1.165) is 25.7 Å². The van der Waals surface area contributed by atoms with E-state index in [1.165, 1.54) is 77.2 Å². The van der Waals surface area contributed by atoms with Crippen LogP contribution in [-0.4, -0.2) is 9.13 Å². The smallest absolute Gasteiger partial charge is 0.0789 e. The van der Waals surface area contributed by atoms with Gasteiger partial charge >= 0.3 is 0 Å². The Morgan fingerprint density at radius 2 is 0.905 bits per heavy atom. The minimum atomic E-state index is 1.00. The molecule has 0 N–H and O–H groups in total. The number of nitrogens with zero attached hydrogens (tertiary/aromatic N) is 2. The van der Waals surface area contributed by atoms with E-state index in [1.807, 2.05) is 0 Å². The number of rotatable bonds is 2. The number of aromatic nitrogens is 2. The second kappa shape index (κ2) is 9.22. The second-order valence-corrected chi connectivity index (χ2v) is 11.6. The Kier molecular flexibility index (Phi) is 5.18. The molecule has 0 atom stereocenters. The molecule has 0 spiro atoms. The normalized spacial score (nSPS) is 13.3.